The van der Waals surface area contributed by atoms with Crippen LogP contribution in [-0.4, -0.2) is 29.8 Å². The fourth-order valence-electron chi connectivity index (χ4n) is 1.01. The maximum atomic E-state index is 11.6. The molecule has 4 nitrogen and oxygen atoms in total. The fourth-order valence-corrected chi connectivity index (χ4v) is 1.01. The van der Waals surface area contributed by atoms with Gasteiger partial charge < -0.3 is 9.88 Å². The number of hydrogen-bond acceptors (Lipinski definition) is 3. The topological polar surface area (TPSA) is 59.9 Å². The third kappa shape index (κ3) is 2.23. The van der Waals surface area contributed by atoms with E-state index in [1.54, 1.807) is 37.3 Å². The van der Waals surface area contributed by atoms with E-state index < -0.39 is 0 Å². The maximum absolute atomic E-state index is 11.6. The van der Waals surface area contributed by atoms with Gasteiger partial charge in [0, 0.05) is 26.5 Å². The van der Waals surface area contributed by atoms with E-state index in [9.17, 15) is 4.79 Å². The third-order valence-electron chi connectivity index (χ3n) is 1.59. The summed E-state index contributed by atoms with van der Waals surface area (Å²) in [5.74, 6) is -0.286. The van der Waals surface area contributed by atoms with Crippen LogP contribution in [0, 0.1) is 11.3 Å². The van der Waals surface area contributed by atoms with Crippen molar-refractivity contribution in [2.75, 3.05) is 14.1 Å². The number of allylic oxidation sites excluding steroid dienone is 1. The van der Waals surface area contributed by atoms with Crippen molar-refractivity contribution in [1.29, 1.82) is 5.26 Å². The molecule has 0 atom stereocenters. The van der Waals surface area contributed by atoms with Gasteiger partial charge in [-0.3, -0.25) is 4.79 Å². The largest absolute Gasteiger partial charge is 0.382 e. The number of ketones is 1. The molecule has 0 aliphatic rings. The SMILES string of the molecule is CN(C)/C=C(\C#N)C(=O)c1ccc[nH]1. The summed E-state index contributed by atoms with van der Waals surface area (Å²) >= 11 is 0. The smallest absolute Gasteiger partial charge is 0.221 e. The van der Waals surface area contributed by atoms with Gasteiger partial charge in [0.25, 0.3) is 0 Å². The summed E-state index contributed by atoms with van der Waals surface area (Å²) < 4.78 is 0. The minimum atomic E-state index is -0.286. The molecule has 1 rings (SSSR count). The second-order valence-corrected chi connectivity index (χ2v) is 3.03. The monoisotopic (exact) mass is 189 g/mol. The maximum Gasteiger partial charge on any atom is 0.221 e. The van der Waals surface area contributed by atoms with Crippen molar-refractivity contribution < 1.29 is 4.79 Å². The Morgan fingerprint density at radius 1 is 1.64 bits per heavy atom. The summed E-state index contributed by atoms with van der Waals surface area (Å²) in [6, 6.07) is 5.23. The van der Waals surface area contributed by atoms with Crippen molar-refractivity contribution in [1.82, 2.24) is 9.88 Å². The van der Waals surface area contributed by atoms with Crippen molar-refractivity contribution in [2.24, 2.45) is 0 Å². The molecule has 0 unspecified atom stereocenters. The highest BCUT2D eigenvalue weighted by Crippen LogP contribution is 2.05. The standard InChI is InChI=1S/C10H11N3O/c1-13(2)7-8(6-11)10(14)9-4-3-5-12-9/h3-5,7,12H,1-2H3/b8-7+. The molecule has 0 radical (unpaired) electrons. The van der Waals surface area contributed by atoms with Crippen LogP contribution in [0.25, 0.3) is 0 Å². The highest BCUT2D eigenvalue weighted by Gasteiger charge is 2.12. The van der Waals surface area contributed by atoms with Crippen LogP contribution in [-0.2, 0) is 0 Å². The van der Waals surface area contributed by atoms with Gasteiger partial charge in [0.1, 0.15) is 11.6 Å². The van der Waals surface area contributed by atoms with Crippen molar-refractivity contribution in [3.8, 4) is 6.07 Å². The zero-order valence-corrected chi connectivity index (χ0v) is 8.11. The molecule has 4 heteroatoms. The third-order valence-corrected chi connectivity index (χ3v) is 1.59. The predicted molar refractivity (Wildman–Crippen MR) is 52.5 cm³/mol. The molecule has 0 fully saturated rings. The lowest BCUT2D eigenvalue weighted by Gasteiger charge is -2.04. The zero-order chi connectivity index (χ0) is 10.6. The van der Waals surface area contributed by atoms with E-state index in [1.807, 2.05) is 6.07 Å². The number of aromatic nitrogens is 1. The number of hydrogen-bond donors (Lipinski definition) is 1. The van der Waals surface area contributed by atoms with E-state index in [-0.39, 0.29) is 11.4 Å². The Labute approximate surface area is 82.5 Å². The molecule has 0 saturated carbocycles. The van der Waals surface area contributed by atoms with E-state index in [1.165, 1.54) is 6.20 Å². The molecule has 1 heterocycles. The second-order valence-electron chi connectivity index (χ2n) is 3.03. The quantitative estimate of drug-likeness (QED) is 0.441. The highest BCUT2D eigenvalue weighted by atomic mass is 16.1. The van der Waals surface area contributed by atoms with Crippen molar-refractivity contribution in [3.63, 3.8) is 0 Å². The Hall–Kier alpha value is -2.02. The number of carbonyl (C=O) groups excluding carboxylic acids is 1. The average molecular weight is 189 g/mol. The number of nitrogens with one attached hydrogen (secondary N) is 1. The van der Waals surface area contributed by atoms with Gasteiger partial charge in [0.05, 0.1) is 5.69 Å². The number of H-pyrrole nitrogens is 1. The van der Waals surface area contributed by atoms with Crippen LogP contribution in [0.5, 0.6) is 0 Å². The van der Waals surface area contributed by atoms with Crippen molar-refractivity contribution in [3.05, 3.63) is 35.8 Å². The van der Waals surface area contributed by atoms with Crippen molar-refractivity contribution in [2.45, 2.75) is 0 Å². The first-order valence-corrected chi connectivity index (χ1v) is 4.11. The molecule has 0 saturated heterocycles. The zero-order valence-electron chi connectivity index (χ0n) is 8.11. The summed E-state index contributed by atoms with van der Waals surface area (Å²) in [6.07, 6.45) is 3.15. The molecule has 14 heavy (non-hydrogen) atoms. The molecule has 0 aliphatic carbocycles. The number of nitriles is 1. The Morgan fingerprint density at radius 3 is 2.79 bits per heavy atom. The molecule has 1 aromatic rings. The lowest BCUT2D eigenvalue weighted by molar-refractivity contribution is 0.103. The highest BCUT2D eigenvalue weighted by molar-refractivity contribution is 6.10. The Morgan fingerprint density at radius 2 is 2.36 bits per heavy atom. The number of aromatic amines is 1. The van der Waals surface area contributed by atoms with Crippen LogP contribution in [0.4, 0.5) is 0 Å². The van der Waals surface area contributed by atoms with E-state index in [2.05, 4.69) is 4.98 Å². The minimum Gasteiger partial charge on any atom is -0.382 e. The molecule has 0 amide bonds. The van der Waals surface area contributed by atoms with E-state index in [4.69, 9.17) is 5.26 Å². The van der Waals surface area contributed by atoms with Crippen LogP contribution >= 0.6 is 0 Å². The van der Waals surface area contributed by atoms with E-state index in [0.717, 1.165) is 0 Å². The van der Waals surface area contributed by atoms with Gasteiger partial charge in [-0.05, 0) is 12.1 Å². The first-order valence-electron chi connectivity index (χ1n) is 4.11. The lowest BCUT2D eigenvalue weighted by Crippen LogP contribution is -2.09. The summed E-state index contributed by atoms with van der Waals surface area (Å²) in [4.78, 5) is 16.1. The van der Waals surface area contributed by atoms with E-state index in [0.29, 0.717) is 5.69 Å². The van der Waals surface area contributed by atoms with Gasteiger partial charge in [0.15, 0.2) is 0 Å². The average Bonchev–Trinajstić information content (AvgIpc) is 2.65. The minimum absolute atomic E-state index is 0.123. The van der Waals surface area contributed by atoms with E-state index >= 15 is 0 Å². The Balaban J connectivity index is 2.94. The number of carbonyl (C=O) groups is 1. The number of nitrogens with zero attached hydrogens (tertiary/aromatic N) is 2. The predicted octanol–water partition coefficient (Wildman–Crippen LogP) is 1.17. The van der Waals surface area contributed by atoms with Gasteiger partial charge >= 0.3 is 0 Å². The summed E-state index contributed by atoms with van der Waals surface area (Å²) in [5.41, 5.74) is 0.553. The van der Waals surface area contributed by atoms with Gasteiger partial charge in [-0.15, -0.1) is 0 Å². The summed E-state index contributed by atoms with van der Waals surface area (Å²) in [7, 11) is 3.53. The second kappa shape index (κ2) is 4.28. The molecule has 0 bridgehead atoms. The molecule has 1 N–H and O–H groups in total. The molecular weight excluding hydrogens is 178 g/mol. The molecule has 0 aromatic carbocycles. The number of Topliss-reactive ketones (excluding diaryl/α,β-unsaturated/α-hetero) is 1. The Kier molecular flexibility index (Phi) is 3.08. The molecule has 0 aliphatic heterocycles. The van der Waals surface area contributed by atoms with Gasteiger partial charge in [-0.2, -0.15) is 5.26 Å². The van der Waals surface area contributed by atoms with Crippen LogP contribution in [0.15, 0.2) is 30.1 Å². The van der Waals surface area contributed by atoms with Gasteiger partial charge in [0.2, 0.25) is 5.78 Å². The Bertz CT molecular complexity index is 382. The van der Waals surface area contributed by atoms with Gasteiger partial charge in [-0.1, -0.05) is 0 Å². The van der Waals surface area contributed by atoms with Gasteiger partial charge in [-0.25, -0.2) is 0 Å². The fraction of sp³-hybridized carbons (Fsp3) is 0.200. The number of rotatable bonds is 3. The first-order chi connectivity index (χ1) is 6.65. The molecule has 1 aromatic heterocycles. The summed E-state index contributed by atoms with van der Waals surface area (Å²) in [5, 5.41) is 8.76. The summed E-state index contributed by atoms with van der Waals surface area (Å²) in [6.45, 7) is 0. The molecule has 0 spiro atoms. The molecule has 72 valence electrons. The van der Waals surface area contributed by atoms with Crippen LogP contribution in [0.2, 0.25) is 0 Å². The van der Waals surface area contributed by atoms with Crippen LogP contribution in [0.1, 0.15) is 10.5 Å². The van der Waals surface area contributed by atoms with Crippen molar-refractivity contribution >= 4 is 5.78 Å². The van der Waals surface area contributed by atoms with Crippen LogP contribution in [0.3, 0.4) is 0 Å². The first kappa shape index (κ1) is 10.1. The lowest BCUT2D eigenvalue weighted by atomic mass is 10.1. The van der Waals surface area contributed by atoms with Crippen LogP contribution < -0.4 is 0 Å². The normalized spacial score (nSPS) is 10.8. The molecular formula is C10H11N3O.